The summed E-state index contributed by atoms with van der Waals surface area (Å²) in [5.41, 5.74) is 3.47. The van der Waals surface area contributed by atoms with Crippen LogP contribution in [0, 0.1) is 0 Å². The molecule has 0 bridgehead atoms. The summed E-state index contributed by atoms with van der Waals surface area (Å²) in [5, 5.41) is 10.1. The summed E-state index contributed by atoms with van der Waals surface area (Å²) in [7, 11) is 0. The first-order valence-electron chi connectivity index (χ1n) is 6.63. The number of fused-ring (bicyclic) bond motifs is 1. The average Bonchev–Trinajstić information content (AvgIpc) is 2.88. The van der Waals surface area contributed by atoms with Crippen LogP contribution in [0.2, 0.25) is 0 Å². The van der Waals surface area contributed by atoms with Gasteiger partial charge in [0, 0.05) is 5.56 Å². The van der Waals surface area contributed by atoms with Gasteiger partial charge in [0.2, 0.25) is 0 Å². The number of aliphatic hydroxyl groups excluding tert-OH is 1. The summed E-state index contributed by atoms with van der Waals surface area (Å²) >= 11 is 0. The highest BCUT2D eigenvalue weighted by atomic mass is 16.7. The molecule has 0 amide bonds. The number of hydrogen-bond acceptors (Lipinski definition) is 3. The zero-order chi connectivity index (χ0) is 12.8. The Kier molecular flexibility index (Phi) is 2.93. The van der Waals surface area contributed by atoms with Gasteiger partial charge >= 0.3 is 0 Å². The molecule has 1 N–H and O–H groups in total. The molecule has 2 aliphatic rings. The predicted octanol–water partition coefficient (Wildman–Crippen LogP) is 2.84. The smallest absolute Gasteiger partial charge is 0.184 e. The molecule has 1 heterocycles. The Balaban J connectivity index is 2.02. The number of hydrogen-bond donors (Lipinski definition) is 1. The van der Waals surface area contributed by atoms with E-state index >= 15 is 0 Å². The second-order valence-electron chi connectivity index (χ2n) is 5.86. The summed E-state index contributed by atoms with van der Waals surface area (Å²) in [4.78, 5) is 0. The van der Waals surface area contributed by atoms with E-state index in [1.807, 2.05) is 12.1 Å². The van der Waals surface area contributed by atoms with Crippen molar-refractivity contribution in [3.63, 3.8) is 0 Å². The van der Waals surface area contributed by atoms with Gasteiger partial charge in [0.05, 0.1) is 19.3 Å². The van der Waals surface area contributed by atoms with Gasteiger partial charge in [-0.25, -0.2) is 0 Å². The maximum absolute atomic E-state index is 10.1. The Bertz CT molecular complexity index is 447. The zero-order valence-corrected chi connectivity index (χ0v) is 11.0. The molecule has 3 rings (SSSR count). The van der Waals surface area contributed by atoms with Crippen LogP contribution in [0.3, 0.4) is 0 Å². The minimum absolute atomic E-state index is 0.114. The van der Waals surface area contributed by atoms with Gasteiger partial charge in [-0.3, -0.25) is 0 Å². The molecule has 1 atom stereocenters. The van der Waals surface area contributed by atoms with Crippen molar-refractivity contribution in [2.45, 2.75) is 44.5 Å². The molecule has 0 spiro atoms. The monoisotopic (exact) mass is 248 g/mol. The molecule has 1 fully saturated rings. The second-order valence-corrected chi connectivity index (χ2v) is 5.86. The van der Waals surface area contributed by atoms with Gasteiger partial charge < -0.3 is 14.6 Å². The highest BCUT2D eigenvalue weighted by molar-refractivity contribution is 5.40. The minimum atomic E-state index is -0.326. The Morgan fingerprint density at radius 1 is 1.22 bits per heavy atom. The third-order valence-corrected chi connectivity index (χ3v) is 4.10. The average molecular weight is 248 g/mol. The number of benzene rings is 1. The lowest BCUT2D eigenvalue weighted by atomic mass is 9.71. The normalized spacial score (nSPS) is 27.2. The molecular weight excluding hydrogens is 228 g/mol. The van der Waals surface area contributed by atoms with Gasteiger partial charge in [0.25, 0.3) is 0 Å². The van der Waals surface area contributed by atoms with Crippen molar-refractivity contribution in [3.8, 4) is 0 Å². The molecule has 3 nitrogen and oxygen atoms in total. The fourth-order valence-corrected chi connectivity index (χ4v) is 2.94. The van der Waals surface area contributed by atoms with Crippen LogP contribution in [0.1, 0.15) is 55.8 Å². The molecule has 1 aromatic rings. The lowest BCUT2D eigenvalue weighted by Gasteiger charge is -2.35. The fourth-order valence-electron chi connectivity index (χ4n) is 2.94. The first kappa shape index (κ1) is 12.2. The van der Waals surface area contributed by atoms with Gasteiger partial charge in [-0.2, -0.15) is 0 Å². The van der Waals surface area contributed by atoms with Crippen LogP contribution in [-0.4, -0.2) is 18.3 Å². The summed E-state index contributed by atoms with van der Waals surface area (Å²) < 4.78 is 11.1. The predicted molar refractivity (Wildman–Crippen MR) is 68.3 cm³/mol. The van der Waals surface area contributed by atoms with E-state index in [0.29, 0.717) is 13.2 Å². The van der Waals surface area contributed by atoms with Crippen molar-refractivity contribution in [1.82, 2.24) is 0 Å². The van der Waals surface area contributed by atoms with Gasteiger partial charge in [-0.1, -0.05) is 26.0 Å². The van der Waals surface area contributed by atoms with E-state index in [4.69, 9.17) is 9.47 Å². The fraction of sp³-hybridized carbons (Fsp3) is 0.600. The minimum Gasteiger partial charge on any atom is -0.388 e. The van der Waals surface area contributed by atoms with Gasteiger partial charge in [0.15, 0.2) is 6.29 Å². The molecule has 0 saturated carbocycles. The summed E-state index contributed by atoms with van der Waals surface area (Å²) in [6.07, 6.45) is 1.30. The molecule has 0 aromatic heterocycles. The summed E-state index contributed by atoms with van der Waals surface area (Å²) in [6, 6.07) is 6.19. The van der Waals surface area contributed by atoms with Crippen molar-refractivity contribution < 1.29 is 14.6 Å². The first-order chi connectivity index (χ1) is 8.58. The van der Waals surface area contributed by atoms with E-state index in [2.05, 4.69) is 19.9 Å². The molecular formula is C15H20O3. The Morgan fingerprint density at radius 2 is 1.94 bits per heavy atom. The van der Waals surface area contributed by atoms with Crippen LogP contribution in [0.5, 0.6) is 0 Å². The number of ether oxygens (including phenoxy) is 2. The van der Waals surface area contributed by atoms with E-state index in [9.17, 15) is 5.11 Å². The molecule has 1 unspecified atom stereocenters. The first-order valence-corrected chi connectivity index (χ1v) is 6.63. The van der Waals surface area contributed by atoms with Gasteiger partial charge in [-0.05, 0) is 35.4 Å². The van der Waals surface area contributed by atoms with Gasteiger partial charge in [-0.15, -0.1) is 0 Å². The maximum atomic E-state index is 10.1. The van der Waals surface area contributed by atoms with Gasteiger partial charge in [0.1, 0.15) is 0 Å². The summed E-state index contributed by atoms with van der Waals surface area (Å²) in [5.74, 6) is 0. The highest BCUT2D eigenvalue weighted by Gasteiger charge is 2.33. The Hall–Kier alpha value is -0.900. The van der Waals surface area contributed by atoms with Crippen molar-refractivity contribution in [2.75, 3.05) is 13.2 Å². The Morgan fingerprint density at radius 3 is 2.67 bits per heavy atom. The molecule has 1 aliphatic carbocycles. The van der Waals surface area contributed by atoms with Crippen molar-refractivity contribution in [1.29, 1.82) is 0 Å². The maximum Gasteiger partial charge on any atom is 0.184 e. The highest BCUT2D eigenvalue weighted by Crippen LogP contribution is 2.42. The largest absolute Gasteiger partial charge is 0.388 e. The van der Waals surface area contributed by atoms with Crippen LogP contribution < -0.4 is 0 Å². The second kappa shape index (κ2) is 4.34. The molecule has 18 heavy (non-hydrogen) atoms. The quantitative estimate of drug-likeness (QED) is 0.830. The van der Waals surface area contributed by atoms with Crippen LogP contribution in [0.4, 0.5) is 0 Å². The molecule has 3 heteroatoms. The SMILES string of the molecule is CC1(C)CCC(O)c2ccc(C3OCCO3)cc21. The molecule has 0 radical (unpaired) electrons. The van der Waals surface area contributed by atoms with E-state index in [1.165, 1.54) is 5.56 Å². The van der Waals surface area contributed by atoms with E-state index in [-0.39, 0.29) is 17.8 Å². The topological polar surface area (TPSA) is 38.7 Å². The lowest BCUT2D eigenvalue weighted by Crippen LogP contribution is -2.26. The standard InChI is InChI=1S/C15H20O3/c1-15(2)6-5-13(16)11-4-3-10(9-12(11)15)14-17-7-8-18-14/h3-4,9,13-14,16H,5-8H2,1-2H3. The third-order valence-electron chi connectivity index (χ3n) is 4.10. The van der Waals surface area contributed by atoms with Crippen molar-refractivity contribution >= 4 is 0 Å². The van der Waals surface area contributed by atoms with E-state index < -0.39 is 0 Å². The number of rotatable bonds is 1. The van der Waals surface area contributed by atoms with Crippen LogP contribution >= 0.6 is 0 Å². The third kappa shape index (κ3) is 1.96. The van der Waals surface area contributed by atoms with Crippen LogP contribution in [-0.2, 0) is 14.9 Å². The molecule has 98 valence electrons. The van der Waals surface area contributed by atoms with Crippen LogP contribution in [0.25, 0.3) is 0 Å². The molecule has 1 aliphatic heterocycles. The van der Waals surface area contributed by atoms with E-state index in [1.54, 1.807) is 0 Å². The summed E-state index contributed by atoms with van der Waals surface area (Å²) in [6.45, 7) is 5.79. The molecule has 1 saturated heterocycles. The van der Waals surface area contributed by atoms with Crippen molar-refractivity contribution in [2.24, 2.45) is 0 Å². The Labute approximate surface area is 108 Å². The molecule has 1 aromatic carbocycles. The number of aliphatic hydroxyl groups is 1. The van der Waals surface area contributed by atoms with E-state index in [0.717, 1.165) is 24.0 Å². The van der Waals surface area contributed by atoms with Crippen LogP contribution in [0.15, 0.2) is 18.2 Å². The zero-order valence-electron chi connectivity index (χ0n) is 11.0. The lowest BCUT2D eigenvalue weighted by molar-refractivity contribution is -0.0442. The van der Waals surface area contributed by atoms with Crippen molar-refractivity contribution in [3.05, 3.63) is 34.9 Å².